The molecule has 0 spiro atoms. The van der Waals surface area contributed by atoms with Crippen molar-refractivity contribution < 1.29 is 15.0 Å². The van der Waals surface area contributed by atoms with Crippen LogP contribution in [0.4, 0.5) is 5.69 Å². The first-order valence-corrected chi connectivity index (χ1v) is 3.43. The van der Waals surface area contributed by atoms with Gasteiger partial charge < -0.3 is 20.3 Å². The molecule has 0 amide bonds. The Labute approximate surface area is 69.5 Å². The van der Waals surface area contributed by atoms with E-state index in [4.69, 9.17) is 10.2 Å². The van der Waals surface area contributed by atoms with E-state index in [0.717, 1.165) is 0 Å². The monoisotopic (exact) mass is 167 g/mol. The summed E-state index contributed by atoms with van der Waals surface area (Å²) in [7, 11) is 0. The molecule has 0 aromatic heterocycles. The molecule has 0 atom stereocenters. The number of aromatic hydroxyl groups is 2. The number of phenols is 2. The first-order valence-electron chi connectivity index (χ1n) is 3.43. The third-order valence-electron chi connectivity index (χ3n) is 1.36. The summed E-state index contributed by atoms with van der Waals surface area (Å²) in [6.45, 7) is 0.185. The maximum Gasteiger partial charge on any atom is 0.159 e. The van der Waals surface area contributed by atoms with Crippen LogP contribution in [0.3, 0.4) is 0 Å². The van der Waals surface area contributed by atoms with E-state index in [1.807, 2.05) is 0 Å². The molecule has 0 saturated heterocycles. The number of aldehydes is 1. The van der Waals surface area contributed by atoms with Crippen LogP contribution in [0.5, 0.6) is 11.5 Å². The standard InChI is InChI=1S/C8H9NO3/c10-4-3-9-6-1-2-7(11)8(12)5-6/h1-2,4-5,9,11-12H,3H2. The number of anilines is 1. The molecule has 1 aromatic rings. The molecule has 0 aliphatic heterocycles. The topological polar surface area (TPSA) is 69.6 Å². The Morgan fingerprint density at radius 3 is 2.67 bits per heavy atom. The SMILES string of the molecule is O=CCNc1ccc(O)c(O)c1. The van der Waals surface area contributed by atoms with E-state index in [0.29, 0.717) is 12.0 Å². The van der Waals surface area contributed by atoms with Crippen molar-refractivity contribution in [1.29, 1.82) is 0 Å². The van der Waals surface area contributed by atoms with Crippen molar-refractivity contribution in [3.63, 3.8) is 0 Å². The van der Waals surface area contributed by atoms with Gasteiger partial charge in [-0.05, 0) is 12.1 Å². The second-order valence-electron chi connectivity index (χ2n) is 2.25. The molecular weight excluding hydrogens is 158 g/mol. The molecule has 12 heavy (non-hydrogen) atoms. The summed E-state index contributed by atoms with van der Waals surface area (Å²) < 4.78 is 0. The fraction of sp³-hybridized carbons (Fsp3) is 0.125. The van der Waals surface area contributed by atoms with E-state index in [1.54, 1.807) is 6.07 Å². The van der Waals surface area contributed by atoms with Crippen LogP contribution in [0.2, 0.25) is 0 Å². The van der Waals surface area contributed by atoms with Crippen molar-refractivity contribution in [2.75, 3.05) is 11.9 Å². The van der Waals surface area contributed by atoms with Crippen molar-refractivity contribution in [3.05, 3.63) is 18.2 Å². The number of hydrogen-bond acceptors (Lipinski definition) is 4. The van der Waals surface area contributed by atoms with Crippen molar-refractivity contribution in [2.24, 2.45) is 0 Å². The fourth-order valence-electron chi connectivity index (χ4n) is 0.793. The van der Waals surface area contributed by atoms with Crippen molar-refractivity contribution >= 4 is 12.0 Å². The average Bonchev–Trinajstić information content (AvgIpc) is 2.07. The fourth-order valence-corrected chi connectivity index (χ4v) is 0.793. The molecule has 0 bridgehead atoms. The number of phenolic OH excluding ortho intramolecular Hbond substituents is 2. The lowest BCUT2D eigenvalue weighted by Crippen LogP contribution is -2.01. The second-order valence-corrected chi connectivity index (χ2v) is 2.25. The zero-order valence-corrected chi connectivity index (χ0v) is 6.32. The lowest BCUT2D eigenvalue weighted by atomic mass is 10.3. The van der Waals surface area contributed by atoms with Gasteiger partial charge in [-0.25, -0.2) is 0 Å². The molecule has 1 aromatic carbocycles. The Morgan fingerprint density at radius 2 is 2.08 bits per heavy atom. The van der Waals surface area contributed by atoms with E-state index < -0.39 is 0 Å². The van der Waals surface area contributed by atoms with Gasteiger partial charge in [0.2, 0.25) is 0 Å². The van der Waals surface area contributed by atoms with Gasteiger partial charge in [0.15, 0.2) is 11.5 Å². The van der Waals surface area contributed by atoms with E-state index in [9.17, 15) is 4.79 Å². The van der Waals surface area contributed by atoms with E-state index in [-0.39, 0.29) is 18.0 Å². The van der Waals surface area contributed by atoms with Gasteiger partial charge in [0.05, 0.1) is 6.54 Å². The first kappa shape index (κ1) is 8.39. The highest BCUT2D eigenvalue weighted by atomic mass is 16.3. The van der Waals surface area contributed by atoms with Crippen LogP contribution in [0.1, 0.15) is 0 Å². The molecule has 0 fully saturated rings. The largest absolute Gasteiger partial charge is 0.504 e. The number of nitrogens with one attached hydrogen (secondary N) is 1. The molecule has 0 heterocycles. The van der Waals surface area contributed by atoms with Gasteiger partial charge in [0.25, 0.3) is 0 Å². The van der Waals surface area contributed by atoms with Crippen LogP contribution in [-0.4, -0.2) is 23.0 Å². The van der Waals surface area contributed by atoms with Gasteiger partial charge in [-0.1, -0.05) is 0 Å². The minimum Gasteiger partial charge on any atom is -0.504 e. The summed E-state index contributed by atoms with van der Waals surface area (Å²) in [5.41, 5.74) is 0.595. The van der Waals surface area contributed by atoms with Gasteiger partial charge in [-0.3, -0.25) is 0 Å². The lowest BCUT2D eigenvalue weighted by molar-refractivity contribution is -0.106. The Balaban J connectivity index is 2.75. The average molecular weight is 167 g/mol. The molecule has 0 aliphatic rings. The zero-order chi connectivity index (χ0) is 8.97. The van der Waals surface area contributed by atoms with E-state index in [1.165, 1.54) is 12.1 Å². The molecule has 0 saturated carbocycles. The van der Waals surface area contributed by atoms with E-state index >= 15 is 0 Å². The lowest BCUT2D eigenvalue weighted by Gasteiger charge is -2.03. The quantitative estimate of drug-likeness (QED) is 0.352. The first-order chi connectivity index (χ1) is 5.74. The van der Waals surface area contributed by atoms with Gasteiger partial charge in [-0.15, -0.1) is 0 Å². The Kier molecular flexibility index (Phi) is 2.53. The highest BCUT2D eigenvalue weighted by molar-refractivity contribution is 5.61. The summed E-state index contributed by atoms with van der Waals surface area (Å²) in [5.74, 6) is -0.377. The molecule has 4 heteroatoms. The molecular formula is C8H9NO3. The smallest absolute Gasteiger partial charge is 0.159 e. The minimum absolute atomic E-state index is 0.174. The summed E-state index contributed by atoms with van der Waals surface area (Å²) in [4.78, 5) is 9.96. The zero-order valence-electron chi connectivity index (χ0n) is 6.32. The normalized spacial score (nSPS) is 9.33. The third-order valence-corrected chi connectivity index (χ3v) is 1.36. The van der Waals surface area contributed by atoms with Crippen molar-refractivity contribution in [1.82, 2.24) is 0 Å². The molecule has 0 unspecified atom stereocenters. The van der Waals surface area contributed by atoms with Crippen LogP contribution in [-0.2, 0) is 4.79 Å². The van der Waals surface area contributed by atoms with Gasteiger partial charge >= 0.3 is 0 Å². The molecule has 4 nitrogen and oxygen atoms in total. The van der Waals surface area contributed by atoms with E-state index in [2.05, 4.69) is 5.32 Å². The summed E-state index contributed by atoms with van der Waals surface area (Å²) in [5, 5.41) is 20.7. The van der Waals surface area contributed by atoms with Crippen LogP contribution in [0.15, 0.2) is 18.2 Å². The van der Waals surface area contributed by atoms with Crippen LogP contribution >= 0.6 is 0 Å². The second kappa shape index (κ2) is 3.61. The molecule has 0 aliphatic carbocycles. The number of benzene rings is 1. The maximum atomic E-state index is 9.96. The maximum absolute atomic E-state index is 9.96. The summed E-state index contributed by atoms with van der Waals surface area (Å²) >= 11 is 0. The predicted octanol–water partition coefficient (Wildman–Crippen LogP) is 0.709. The number of carbonyl (C=O) groups excluding carboxylic acids is 1. The van der Waals surface area contributed by atoms with Gasteiger partial charge in [-0.2, -0.15) is 0 Å². The summed E-state index contributed by atoms with van der Waals surface area (Å²) in [6, 6.07) is 4.26. The van der Waals surface area contributed by atoms with Gasteiger partial charge in [0.1, 0.15) is 6.29 Å². The predicted molar refractivity (Wildman–Crippen MR) is 44.3 cm³/mol. The number of hydrogen-bond donors (Lipinski definition) is 3. The Hall–Kier alpha value is -1.71. The van der Waals surface area contributed by atoms with Crippen LogP contribution < -0.4 is 5.32 Å². The molecule has 3 N–H and O–H groups in total. The van der Waals surface area contributed by atoms with Gasteiger partial charge in [0, 0.05) is 11.8 Å². The van der Waals surface area contributed by atoms with Crippen molar-refractivity contribution in [2.45, 2.75) is 0 Å². The number of rotatable bonds is 3. The Morgan fingerprint density at radius 1 is 1.33 bits per heavy atom. The molecule has 0 radical (unpaired) electrons. The molecule has 1 rings (SSSR count). The van der Waals surface area contributed by atoms with Crippen LogP contribution in [0, 0.1) is 0 Å². The third kappa shape index (κ3) is 1.88. The Bertz CT molecular complexity index is 286. The van der Waals surface area contributed by atoms with Crippen LogP contribution in [0.25, 0.3) is 0 Å². The summed E-state index contributed by atoms with van der Waals surface area (Å²) in [6.07, 6.45) is 0.712. The highest BCUT2D eigenvalue weighted by Gasteiger charge is 1.98. The highest BCUT2D eigenvalue weighted by Crippen LogP contribution is 2.26. The minimum atomic E-state index is -0.203. The molecule has 64 valence electrons. The number of carbonyl (C=O) groups is 1. The van der Waals surface area contributed by atoms with Crippen molar-refractivity contribution in [3.8, 4) is 11.5 Å².